The molecule has 1 saturated heterocycles. The Morgan fingerprint density at radius 1 is 1.13 bits per heavy atom. The van der Waals surface area contributed by atoms with Gasteiger partial charge in [-0.1, -0.05) is 18.2 Å². The number of imidazole rings is 1. The maximum atomic E-state index is 4.68. The van der Waals surface area contributed by atoms with E-state index >= 15 is 0 Å². The van der Waals surface area contributed by atoms with Gasteiger partial charge in [0.15, 0.2) is 11.5 Å². The van der Waals surface area contributed by atoms with Crippen LogP contribution in [0.1, 0.15) is 31.4 Å². The molecular weight excluding hydrogens is 286 g/mol. The molecule has 1 atom stereocenters. The highest BCUT2D eigenvalue weighted by atomic mass is 15.2. The van der Waals surface area contributed by atoms with E-state index in [-0.39, 0.29) is 0 Å². The van der Waals surface area contributed by atoms with Crippen LogP contribution in [0.15, 0.2) is 36.8 Å². The molecule has 3 heterocycles. The second kappa shape index (κ2) is 5.74. The number of aromatic nitrogens is 4. The van der Waals surface area contributed by atoms with Gasteiger partial charge < -0.3 is 4.57 Å². The Labute approximate surface area is 136 Å². The molecule has 0 radical (unpaired) electrons. The minimum atomic E-state index is 0.442. The molecule has 0 spiro atoms. The molecule has 0 saturated carbocycles. The van der Waals surface area contributed by atoms with Crippen LogP contribution in [0.3, 0.4) is 0 Å². The van der Waals surface area contributed by atoms with Crippen molar-refractivity contribution in [2.45, 2.75) is 25.8 Å². The topological polar surface area (TPSA) is 46.8 Å². The summed E-state index contributed by atoms with van der Waals surface area (Å²) < 4.78 is 1.93. The molecule has 1 fully saturated rings. The molecule has 0 N–H and O–H groups in total. The van der Waals surface area contributed by atoms with Crippen molar-refractivity contribution in [1.82, 2.24) is 24.4 Å². The molecule has 0 aliphatic carbocycles. The molecule has 5 heteroatoms. The fourth-order valence-corrected chi connectivity index (χ4v) is 3.34. The Morgan fingerprint density at radius 3 is 2.78 bits per heavy atom. The van der Waals surface area contributed by atoms with E-state index in [0.29, 0.717) is 6.04 Å². The lowest BCUT2D eigenvalue weighted by Gasteiger charge is -2.24. The van der Waals surface area contributed by atoms with Gasteiger partial charge in [0.1, 0.15) is 5.52 Å². The second-order valence-corrected chi connectivity index (χ2v) is 6.30. The first-order chi connectivity index (χ1) is 11.2. The van der Waals surface area contributed by atoms with E-state index in [9.17, 15) is 0 Å². The average molecular weight is 307 g/mol. The summed E-state index contributed by atoms with van der Waals surface area (Å²) in [6.07, 6.45) is 6.19. The number of nitrogens with zero attached hydrogens (tertiary/aromatic N) is 5. The van der Waals surface area contributed by atoms with E-state index in [4.69, 9.17) is 0 Å². The third-order valence-corrected chi connectivity index (χ3v) is 4.77. The molecule has 23 heavy (non-hydrogen) atoms. The minimum Gasteiger partial charge on any atom is -0.318 e. The second-order valence-electron chi connectivity index (χ2n) is 6.30. The number of hydrogen-bond acceptors (Lipinski definition) is 4. The summed E-state index contributed by atoms with van der Waals surface area (Å²) in [5, 5.41) is 0. The van der Waals surface area contributed by atoms with Gasteiger partial charge in [-0.3, -0.25) is 4.90 Å². The number of benzene rings is 1. The standard InChI is InChI=1S/C18H21N5/c1-13(23-8-3-4-9-23)14-6-5-7-15(10-14)17-19-11-16-18(21-17)22(2)12-20-16/h5-7,10-13H,3-4,8-9H2,1-2H3. The monoisotopic (exact) mass is 307 g/mol. The van der Waals surface area contributed by atoms with Gasteiger partial charge in [-0.25, -0.2) is 15.0 Å². The van der Waals surface area contributed by atoms with Crippen molar-refractivity contribution >= 4 is 11.2 Å². The Kier molecular flexibility index (Phi) is 3.58. The summed E-state index contributed by atoms with van der Waals surface area (Å²) in [4.78, 5) is 16.0. The number of aryl methyl sites for hydroxylation is 1. The van der Waals surface area contributed by atoms with Crippen LogP contribution >= 0.6 is 0 Å². The molecule has 5 nitrogen and oxygen atoms in total. The zero-order valence-electron chi connectivity index (χ0n) is 13.6. The van der Waals surface area contributed by atoms with Crippen molar-refractivity contribution in [1.29, 1.82) is 0 Å². The van der Waals surface area contributed by atoms with E-state index in [1.807, 2.05) is 11.6 Å². The van der Waals surface area contributed by atoms with Gasteiger partial charge in [-0.05, 0) is 44.5 Å². The Bertz CT molecular complexity index is 832. The van der Waals surface area contributed by atoms with Gasteiger partial charge in [0.05, 0.1) is 12.5 Å². The third-order valence-electron chi connectivity index (χ3n) is 4.77. The van der Waals surface area contributed by atoms with Crippen LogP contribution in [0, 0.1) is 0 Å². The van der Waals surface area contributed by atoms with Crippen LogP contribution in [-0.2, 0) is 7.05 Å². The third kappa shape index (κ3) is 2.61. The Morgan fingerprint density at radius 2 is 1.96 bits per heavy atom. The number of rotatable bonds is 3. The van der Waals surface area contributed by atoms with Crippen molar-refractivity contribution < 1.29 is 0 Å². The molecule has 1 aliphatic rings. The molecule has 1 aromatic carbocycles. The highest BCUT2D eigenvalue weighted by Crippen LogP contribution is 2.27. The van der Waals surface area contributed by atoms with Gasteiger partial charge in [-0.2, -0.15) is 0 Å². The van der Waals surface area contributed by atoms with Gasteiger partial charge in [0, 0.05) is 18.7 Å². The van der Waals surface area contributed by atoms with Gasteiger partial charge in [0.25, 0.3) is 0 Å². The van der Waals surface area contributed by atoms with Crippen molar-refractivity contribution in [2.75, 3.05) is 13.1 Å². The van der Waals surface area contributed by atoms with E-state index in [1.165, 1.54) is 31.5 Å². The normalized spacial score (nSPS) is 17.0. The van der Waals surface area contributed by atoms with E-state index in [0.717, 1.165) is 22.6 Å². The summed E-state index contributed by atoms with van der Waals surface area (Å²) >= 11 is 0. The van der Waals surface area contributed by atoms with Crippen LogP contribution in [-0.4, -0.2) is 37.5 Å². The Hall–Kier alpha value is -2.27. The largest absolute Gasteiger partial charge is 0.318 e. The van der Waals surface area contributed by atoms with Crippen LogP contribution in [0.5, 0.6) is 0 Å². The number of likely N-dealkylation sites (tertiary alicyclic amines) is 1. The Balaban J connectivity index is 1.70. The van der Waals surface area contributed by atoms with E-state index in [2.05, 4.69) is 51.0 Å². The van der Waals surface area contributed by atoms with E-state index < -0.39 is 0 Å². The van der Waals surface area contributed by atoms with Crippen LogP contribution in [0.2, 0.25) is 0 Å². The maximum absolute atomic E-state index is 4.68. The summed E-state index contributed by atoms with van der Waals surface area (Å²) in [5.74, 6) is 0.761. The molecule has 1 unspecified atom stereocenters. The fourth-order valence-electron chi connectivity index (χ4n) is 3.34. The van der Waals surface area contributed by atoms with Crippen molar-refractivity contribution in [2.24, 2.45) is 7.05 Å². The van der Waals surface area contributed by atoms with Gasteiger partial charge >= 0.3 is 0 Å². The van der Waals surface area contributed by atoms with E-state index in [1.54, 1.807) is 12.5 Å². The summed E-state index contributed by atoms with van der Waals surface area (Å²) in [6, 6.07) is 9.05. The summed E-state index contributed by atoms with van der Waals surface area (Å²) in [7, 11) is 1.96. The smallest absolute Gasteiger partial charge is 0.163 e. The molecule has 0 bridgehead atoms. The molecule has 3 aromatic rings. The van der Waals surface area contributed by atoms with Crippen LogP contribution < -0.4 is 0 Å². The van der Waals surface area contributed by atoms with Gasteiger partial charge in [0.2, 0.25) is 0 Å². The molecular formula is C18H21N5. The zero-order chi connectivity index (χ0) is 15.8. The predicted molar refractivity (Wildman–Crippen MR) is 91.0 cm³/mol. The van der Waals surface area contributed by atoms with Crippen LogP contribution in [0.4, 0.5) is 0 Å². The average Bonchev–Trinajstić information content (AvgIpc) is 3.25. The number of hydrogen-bond donors (Lipinski definition) is 0. The lowest BCUT2D eigenvalue weighted by Crippen LogP contribution is -2.23. The van der Waals surface area contributed by atoms with Crippen molar-refractivity contribution in [3.63, 3.8) is 0 Å². The van der Waals surface area contributed by atoms with Crippen LogP contribution in [0.25, 0.3) is 22.6 Å². The fraction of sp³-hybridized carbons (Fsp3) is 0.389. The molecule has 2 aromatic heterocycles. The first-order valence-electron chi connectivity index (χ1n) is 8.21. The van der Waals surface area contributed by atoms with Crippen molar-refractivity contribution in [3.8, 4) is 11.4 Å². The minimum absolute atomic E-state index is 0.442. The molecule has 1 aliphatic heterocycles. The predicted octanol–water partition coefficient (Wildman–Crippen LogP) is 3.19. The van der Waals surface area contributed by atoms with Crippen molar-refractivity contribution in [3.05, 3.63) is 42.4 Å². The SMILES string of the molecule is CC(c1cccc(-c2ncc3ncn(C)c3n2)c1)N1CCCC1. The first kappa shape index (κ1) is 14.3. The maximum Gasteiger partial charge on any atom is 0.163 e. The first-order valence-corrected chi connectivity index (χ1v) is 8.21. The molecule has 0 amide bonds. The molecule has 4 rings (SSSR count). The number of fused-ring (bicyclic) bond motifs is 1. The quantitative estimate of drug-likeness (QED) is 0.745. The highest BCUT2D eigenvalue weighted by molar-refractivity contribution is 5.72. The lowest BCUT2D eigenvalue weighted by atomic mass is 10.0. The summed E-state index contributed by atoms with van der Waals surface area (Å²) in [6.45, 7) is 4.68. The van der Waals surface area contributed by atoms with Gasteiger partial charge in [-0.15, -0.1) is 0 Å². The molecule has 118 valence electrons. The zero-order valence-corrected chi connectivity index (χ0v) is 13.6. The summed E-state index contributed by atoms with van der Waals surface area (Å²) in [5.41, 5.74) is 4.10. The highest BCUT2D eigenvalue weighted by Gasteiger charge is 2.19. The lowest BCUT2D eigenvalue weighted by molar-refractivity contribution is 0.263.